The zero-order valence-electron chi connectivity index (χ0n) is 22.7. The molecule has 0 heterocycles. The number of fused-ring (bicyclic) bond motifs is 1. The van der Waals surface area contributed by atoms with Gasteiger partial charge in [0, 0.05) is 0 Å². The highest BCUT2D eigenvalue weighted by atomic mass is 16.5. The predicted octanol–water partition coefficient (Wildman–Crippen LogP) is 5.49. The SMILES string of the molecule is CC(C)OC(=O)C(C)(C)[C@@H](O)/C=C/[C@@H](C)[C@H]1CC[C@H]2/C(=C/C=C3C[C@@H](O)C[C@H](O)C3)CCC[C@]12C. The van der Waals surface area contributed by atoms with Gasteiger partial charge in [0.1, 0.15) is 0 Å². The van der Waals surface area contributed by atoms with Crippen LogP contribution in [0.15, 0.2) is 35.5 Å². The molecule has 5 nitrogen and oxygen atoms in total. The van der Waals surface area contributed by atoms with Crippen molar-refractivity contribution in [3.63, 3.8) is 0 Å². The number of esters is 1. The number of aliphatic hydroxyl groups excluding tert-OH is 3. The van der Waals surface area contributed by atoms with E-state index in [4.69, 9.17) is 4.74 Å². The van der Waals surface area contributed by atoms with Crippen molar-refractivity contribution in [3.8, 4) is 0 Å². The molecule has 198 valence electrons. The van der Waals surface area contributed by atoms with Crippen LogP contribution in [0.3, 0.4) is 0 Å². The Bertz CT molecular complexity index is 826. The van der Waals surface area contributed by atoms with E-state index in [2.05, 4.69) is 32.1 Å². The summed E-state index contributed by atoms with van der Waals surface area (Å²) in [5.41, 5.74) is 1.89. The zero-order chi connectivity index (χ0) is 26.0. The fourth-order valence-electron chi connectivity index (χ4n) is 6.82. The van der Waals surface area contributed by atoms with Gasteiger partial charge in [0.2, 0.25) is 0 Å². The van der Waals surface area contributed by atoms with Crippen molar-refractivity contribution in [1.82, 2.24) is 0 Å². The second kappa shape index (κ2) is 11.3. The number of ether oxygens (including phenoxy) is 1. The van der Waals surface area contributed by atoms with E-state index in [9.17, 15) is 20.1 Å². The normalized spacial score (nSPS) is 34.8. The van der Waals surface area contributed by atoms with Gasteiger partial charge in [0.05, 0.1) is 29.8 Å². The minimum absolute atomic E-state index is 0.204. The quantitative estimate of drug-likeness (QED) is 0.326. The van der Waals surface area contributed by atoms with Gasteiger partial charge in [0.15, 0.2) is 0 Å². The highest BCUT2D eigenvalue weighted by molar-refractivity contribution is 5.77. The Morgan fingerprint density at radius 3 is 2.37 bits per heavy atom. The molecular formula is C30H48O5. The summed E-state index contributed by atoms with van der Waals surface area (Å²) in [6.07, 6.45) is 14.0. The Morgan fingerprint density at radius 2 is 1.74 bits per heavy atom. The number of aliphatic hydroxyl groups is 3. The molecule has 7 atom stereocenters. The van der Waals surface area contributed by atoms with E-state index in [1.807, 2.05) is 13.8 Å². The molecule has 0 bridgehead atoms. The fourth-order valence-corrected chi connectivity index (χ4v) is 6.82. The third-order valence-corrected chi connectivity index (χ3v) is 8.95. The minimum Gasteiger partial charge on any atom is -0.462 e. The van der Waals surface area contributed by atoms with E-state index in [0.29, 0.717) is 37.0 Å². The third kappa shape index (κ3) is 6.47. The second-order valence-corrected chi connectivity index (χ2v) is 12.5. The van der Waals surface area contributed by atoms with Crippen LogP contribution in [0.1, 0.15) is 92.9 Å². The van der Waals surface area contributed by atoms with Crippen LogP contribution in [0.4, 0.5) is 0 Å². The molecule has 0 aliphatic heterocycles. The maximum Gasteiger partial charge on any atom is 0.314 e. The molecule has 3 saturated carbocycles. The maximum absolute atomic E-state index is 12.4. The molecule has 3 rings (SSSR count). The number of hydrogen-bond donors (Lipinski definition) is 3. The van der Waals surface area contributed by atoms with Gasteiger partial charge < -0.3 is 20.1 Å². The lowest BCUT2D eigenvalue weighted by molar-refractivity contribution is -0.162. The van der Waals surface area contributed by atoms with Crippen molar-refractivity contribution < 1.29 is 24.9 Å². The van der Waals surface area contributed by atoms with Crippen LogP contribution < -0.4 is 0 Å². The molecule has 35 heavy (non-hydrogen) atoms. The summed E-state index contributed by atoms with van der Waals surface area (Å²) in [6.45, 7) is 11.8. The molecule has 0 unspecified atom stereocenters. The predicted molar refractivity (Wildman–Crippen MR) is 140 cm³/mol. The number of rotatable bonds is 7. The Hall–Kier alpha value is -1.43. The molecule has 0 saturated heterocycles. The second-order valence-electron chi connectivity index (χ2n) is 12.5. The summed E-state index contributed by atoms with van der Waals surface area (Å²) >= 11 is 0. The van der Waals surface area contributed by atoms with Crippen LogP contribution >= 0.6 is 0 Å². The topological polar surface area (TPSA) is 87.0 Å². The van der Waals surface area contributed by atoms with Crippen molar-refractivity contribution >= 4 is 5.97 Å². The first-order valence-corrected chi connectivity index (χ1v) is 13.7. The van der Waals surface area contributed by atoms with Crippen molar-refractivity contribution in [2.24, 2.45) is 28.6 Å². The van der Waals surface area contributed by atoms with E-state index in [-0.39, 0.29) is 17.5 Å². The Morgan fingerprint density at radius 1 is 1.09 bits per heavy atom. The molecule has 0 aromatic heterocycles. The first-order valence-electron chi connectivity index (χ1n) is 13.7. The van der Waals surface area contributed by atoms with Crippen LogP contribution in [-0.2, 0) is 9.53 Å². The Kier molecular flexibility index (Phi) is 9.10. The van der Waals surface area contributed by atoms with Crippen molar-refractivity contribution in [1.29, 1.82) is 0 Å². The number of hydrogen-bond acceptors (Lipinski definition) is 5. The average molecular weight is 489 g/mol. The maximum atomic E-state index is 12.4. The van der Waals surface area contributed by atoms with E-state index in [0.717, 1.165) is 18.4 Å². The molecule has 0 amide bonds. The zero-order valence-corrected chi connectivity index (χ0v) is 22.7. The summed E-state index contributed by atoms with van der Waals surface area (Å²) < 4.78 is 5.35. The standard InChI is InChI=1S/C30H48O5/c1-19(2)35-28(34)29(4,5)27(33)14-9-20(3)25-12-13-26-22(8-7-15-30(25,26)6)11-10-21-16-23(31)18-24(32)17-21/h9-11,14,19-20,23-27,31-33H,7-8,12-13,15-18H2,1-6H3/b14-9+,22-11+/t20-,23-,24-,25-,26+,27+,30-/m1/s1. The van der Waals surface area contributed by atoms with Crippen LogP contribution in [0.25, 0.3) is 0 Å². The first-order chi connectivity index (χ1) is 16.3. The van der Waals surface area contributed by atoms with Gasteiger partial charge in [-0.2, -0.15) is 0 Å². The molecule has 0 spiro atoms. The smallest absolute Gasteiger partial charge is 0.314 e. The van der Waals surface area contributed by atoms with Crippen LogP contribution in [0, 0.1) is 28.6 Å². The van der Waals surface area contributed by atoms with Gasteiger partial charge in [-0.3, -0.25) is 4.79 Å². The average Bonchev–Trinajstić information content (AvgIpc) is 3.12. The minimum atomic E-state index is -0.989. The van der Waals surface area contributed by atoms with E-state index in [1.165, 1.54) is 24.8 Å². The molecule has 0 radical (unpaired) electrons. The molecule has 3 fully saturated rings. The third-order valence-electron chi connectivity index (χ3n) is 8.95. The Balaban J connectivity index is 1.69. The Labute approximate surface area is 212 Å². The summed E-state index contributed by atoms with van der Waals surface area (Å²) in [4.78, 5) is 12.4. The molecule has 3 N–H and O–H groups in total. The summed E-state index contributed by atoms with van der Waals surface area (Å²) in [5.74, 6) is 1.00. The van der Waals surface area contributed by atoms with Gasteiger partial charge >= 0.3 is 5.97 Å². The fraction of sp³-hybridized carbons (Fsp3) is 0.767. The van der Waals surface area contributed by atoms with Gasteiger partial charge in [-0.1, -0.05) is 49.3 Å². The molecule has 3 aliphatic rings. The monoisotopic (exact) mass is 488 g/mol. The molecule has 5 heteroatoms. The molecule has 0 aromatic carbocycles. The largest absolute Gasteiger partial charge is 0.462 e. The van der Waals surface area contributed by atoms with Crippen molar-refractivity contribution in [3.05, 3.63) is 35.5 Å². The molecule has 0 aromatic rings. The highest BCUT2D eigenvalue weighted by Gasteiger charge is 2.50. The van der Waals surface area contributed by atoms with Crippen LogP contribution in [0.2, 0.25) is 0 Å². The number of carbonyl (C=O) groups is 1. The summed E-state index contributed by atoms with van der Waals surface area (Å²) in [5, 5.41) is 30.8. The van der Waals surface area contributed by atoms with Crippen molar-refractivity contribution in [2.45, 2.75) is 117 Å². The summed E-state index contributed by atoms with van der Waals surface area (Å²) in [6, 6.07) is 0. The van der Waals surface area contributed by atoms with Crippen LogP contribution in [0.5, 0.6) is 0 Å². The van der Waals surface area contributed by atoms with E-state index in [1.54, 1.807) is 19.9 Å². The molecule has 3 aliphatic carbocycles. The van der Waals surface area contributed by atoms with Gasteiger partial charge in [-0.15, -0.1) is 0 Å². The molecular weight excluding hydrogens is 440 g/mol. The van der Waals surface area contributed by atoms with Crippen LogP contribution in [-0.4, -0.2) is 45.7 Å². The highest BCUT2D eigenvalue weighted by Crippen LogP contribution is 2.59. The van der Waals surface area contributed by atoms with E-state index < -0.39 is 23.7 Å². The lowest BCUT2D eigenvalue weighted by Gasteiger charge is -2.44. The number of allylic oxidation sites excluding steroid dienone is 4. The van der Waals surface area contributed by atoms with Gasteiger partial charge in [-0.05, 0) is 102 Å². The first kappa shape index (κ1) is 28.1. The number of carbonyl (C=O) groups excluding carboxylic acids is 1. The summed E-state index contributed by atoms with van der Waals surface area (Å²) in [7, 11) is 0. The van der Waals surface area contributed by atoms with Gasteiger partial charge in [-0.25, -0.2) is 0 Å². The van der Waals surface area contributed by atoms with E-state index >= 15 is 0 Å². The lowest BCUT2D eigenvalue weighted by atomic mass is 9.61. The van der Waals surface area contributed by atoms with Crippen molar-refractivity contribution in [2.75, 3.05) is 0 Å². The van der Waals surface area contributed by atoms with Gasteiger partial charge in [0.25, 0.3) is 0 Å². The lowest BCUT2D eigenvalue weighted by Crippen LogP contribution is -2.39.